The van der Waals surface area contributed by atoms with Crippen molar-refractivity contribution >= 4 is 11.9 Å². The van der Waals surface area contributed by atoms with Gasteiger partial charge in [-0.2, -0.15) is 0 Å². The molecular weight excluding hydrogens is 263 g/mol. The molecule has 0 aliphatic heterocycles. The fourth-order valence-corrected chi connectivity index (χ4v) is 1.81. The molecule has 0 bridgehead atoms. The Labute approximate surface area is 114 Å². The second-order valence-electron chi connectivity index (χ2n) is 4.48. The highest BCUT2D eigenvalue weighted by molar-refractivity contribution is 5.96. The molecule has 2 rings (SSSR count). The Morgan fingerprint density at radius 1 is 1.30 bits per heavy atom. The SMILES string of the molecule is CC(NC(=O)c1cc(F)c[nH]1)(C(=O)O)c1ccccc1. The number of hydrogen-bond acceptors (Lipinski definition) is 2. The Morgan fingerprint density at radius 2 is 1.95 bits per heavy atom. The summed E-state index contributed by atoms with van der Waals surface area (Å²) in [6.07, 6.45) is 1.02. The largest absolute Gasteiger partial charge is 0.479 e. The standard InChI is InChI=1S/C14H13FN2O3/c1-14(13(19)20,9-5-3-2-4-6-9)17-12(18)11-7-10(15)8-16-11/h2-8,16H,1H3,(H,17,18)(H,19,20). The summed E-state index contributed by atoms with van der Waals surface area (Å²) in [5, 5.41) is 11.8. The van der Waals surface area contributed by atoms with Gasteiger partial charge in [-0.15, -0.1) is 0 Å². The molecular formula is C14H13FN2O3. The molecule has 1 atom stereocenters. The molecule has 104 valence electrons. The molecule has 5 nitrogen and oxygen atoms in total. The maximum atomic E-state index is 12.9. The van der Waals surface area contributed by atoms with E-state index in [1.54, 1.807) is 30.3 Å². The number of rotatable bonds is 4. The third-order valence-electron chi connectivity index (χ3n) is 3.03. The van der Waals surface area contributed by atoms with Gasteiger partial charge in [0.05, 0.1) is 0 Å². The fraction of sp³-hybridized carbons (Fsp3) is 0.143. The summed E-state index contributed by atoms with van der Waals surface area (Å²) < 4.78 is 12.9. The highest BCUT2D eigenvalue weighted by Gasteiger charge is 2.37. The van der Waals surface area contributed by atoms with Crippen LogP contribution in [-0.2, 0) is 10.3 Å². The van der Waals surface area contributed by atoms with Gasteiger partial charge in [0.1, 0.15) is 11.5 Å². The molecule has 0 aliphatic carbocycles. The minimum Gasteiger partial charge on any atom is -0.479 e. The third-order valence-corrected chi connectivity index (χ3v) is 3.03. The van der Waals surface area contributed by atoms with Crippen LogP contribution in [0.3, 0.4) is 0 Å². The Bertz CT molecular complexity index is 639. The van der Waals surface area contributed by atoms with Crippen molar-refractivity contribution in [2.45, 2.75) is 12.5 Å². The maximum absolute atomic E-state index is 12.9. The first kappa shape index (κ1) is 13.8. The van der Waals surface area contributed by atoms with Crippen LogP contribution in [0.2, 0.25) is 0 Å². The van der Waals surface area contributed by atoms with E-state index in [9.17, 15) is 19.1 Å². The van der Waals surface area contributed by atoms with Crippen LogP contribution in [0.5, 0.6) is 0 Å². The van der Waals surface area contributed by atoms with Gasteiger partial charge in [-0.05, 0) is 12.5 Å². The van der Waals surface area contributed by atoms with E-state index in [4.69, 9.17) is 0 Å². The van der Waals surface area contributed by atoms with Gasteiger partial charge in [-0.25, -0.2) is 9.18 Å². The van der Waals surface area contributed by atoms with E-state index < -0.39 is 23.2 Å². The molecule has 0 radical (unpaired) electrons. The number of carboxylic acid groups (broad SMARTS) is 1. The third kappa shape index (κ3) is 2.54. The number of benzene rings is 1. The molecule has 2 aromatic rings. The van der Waals surface area contributed by atoms with Crippen molar-refractivity contribution in [2.75, 3.05) is 0 Å². The summed E-state index contributed by atoms with van der Waals surface area (Å²) in [5.41, 5.74) is -1.21. The Hall–Kier alpha value is -2.63. The van der Waals surface area contributed by atoms with Crippen molar-refractivity contribution in [1.29, 1.82) is 0 Å². The number of carboxylic acids is 1. The highest BCUT2D eigenvalue weighted by Crippen LogP contribution is 2.21. The summed E-state index contributed by atoms with van der Waals surface area (Å²) in [5.74, 6) is -2.49. The second-order valence-corrected chi connectivity index (χ2v) is 4.48. The van der Waals surface area contributed by atoms with E-state index in [0.717, 1.165) is 12.3 Å². The first-order chi connectivity index (χ1) is 9.43. The molecule has 1 aromatic carbocycles. The lowest BCUT2D eigenvalue weighted by Crippen LogP contribution is -2.49. The molecule has 0 fully saturated rings. The predicted molar refractivity (Wildman–Crippen MR) is 69.6 cm³/mol. The lowest BCUT2D eigenvalue weighted by Gasteiger charge is -2.26. The molecule has 3 N–H and O–H groups in total. The second kappa shape index (κ2) is 5.16. The number of nitrogens with one attached hydrogen (secondary N) is 2. The lowest BCUT2D eigenvalue weighted by molar-refractivity contribution is -0.144. The number of aliphatic carboxylic acids is 1. The number of H-pyrrole nitrogens is 1. The molecule has 1 unspecified atom stereocenters. The van der Waals surface area contributed by atoms with Crippen LogP contribution in [0, 0.1) is 5.82 Å². The Balaban J connectivity index is 2.31. The molecule has 0 saturated carbocycles. The van der Waals surface area contributed by atoms with Gasteiger partial charge in [-0.1, -0.05) is 30.3 Å². The average molecular weight is 276 g/mol. The number of carbonyl (C=O) groups is 2. The van der Waals surface area contributed by atoms with Crippen LogP contribution in [0.15, 0.2) is 42.6 Å². The van der Waals surface area contributed by atoms with Gasteiger partial charge in [0.15, 0.2) is 5.54 Å². The van der Waals surface area contributed by atoms with Gasteiger partial charge in [0.2, 0.25) is 0 Å². The maximum Gasteiger partial charge on any atom is 0.333 e. The first-order valence-corrected chi connectivity index (χ1v) is 5.89. The van der Waals surface area contributed by atoms with Crippen molar-refractivity contribution < 1.29 is 19.1 Å². The number of halogens is 1. The van der Waals surface area contributed by atoms with Gasteiger partial charge >= 0.3 is 5.97 Å². The van der Waals surface area contributed by atoms with Crippen molar-refractivity contribution in [3.8, 4) is 0 Å². The minimum absolute atomic E-state index is 0.0362. The Morgan fingerprint density at radius 3 is 2.45 bits per heavy atom. The number of aromatic nitrogens is 1. The zero-order chi connectivity index (χ0) is 14.8. The zero-order valence-electron chi connectivity index (χ0n) is 10.7. The van der Waals surface area contributed by atoms with Gasteiger partial charge < -0.3 is 15.4 Å². The molecule has 1 amide bonds. The quantitative estimate of drug-likeness (QED) is 0.797. The Kier molecular flexibility index (Phi) is 3.56. The average Bonchev–Trinajstić information content (AvgIpc) is 2.86. The van der Waals surface area contributed by atoms with Crippen LogP contribution in [-0.4, -0.2) is 22.0 Å². The van der Waals surface area contributed by atoms with E-state index in [1.807, 2.05) is 0 Å². The van der Waals surface area contributed by atoms with Crippen LogP contribution in [0.4, 0.5) is 4.39 Å². The summed E-state index contributed by atoms with van der Waals surface area (Å²) in [7, 11) is 0. The minimum atomic E-state index is -1.60. The van der Waals surface area contributed by atoms with E-state index in [0.29, 0.717) is 5.56 Å². The summed E-state index contributed by atoms with van der Waals surface area (Å²) in [6.45, 7) is 1.38. The molecule has 1 heterocycles. The molecule has 6 heteroatoms. The van der Waals surface area contributed by atoms with Crippen LogP contribution < -0.4 is 5.32 Å². The van der Waals surface area contributed by atoms with Crippen LogP contribution in [0.25, 0.3) is 0 Å². The normalized spacial score (nSPS) is 13.5. The van der Waals surface area contributed by atoms with E-state index in [-0.39, 0.29) is 5.69 Å². The lowest BCUT2D eigenvalue weighted by atomic mass is 9.92. The van der Waals surface area contributed by atoms with E-state index >= 15 is 0 Å². The van der Waals surface area contributed by atoms with Gasteiger partial charge in [-0.3, -0.25) is 4.79 Å². The zero-order valence-corrected chi connectivity index (χ0v) is 10.7. The van der Waals surface area contributed by atoms with Gasteiger partial charge in [0.25, 0.3) is 5.91 Å². The highest BCUT2D eigenvalue weighted by atomic mass is 19.1. The summed E-state index contributed by atoms with van der Waals surface area (Å²) in [6, 6.07) is 9.30. The van der Waals surface area contributed by atoms with E-state index in [2.05, 4.69) is 10.3 Å². The molecule has 0 aliphatic rings. The monoisotopic (exact) mass is 276 g/mol. The molecule has 0 saturated heterocycles. The van der Waals surface area contributed by atoms with Crippen molar-refractivity contribution in [2.24, 2.45) is 0 Å². The molecule has 0 spiro atoms. The summed E-state index contributed by atoms with van der Waals surface area (Å²) >= 11 is 0. The summed E-state index contributed by atoms with van der Waals surface area (Å²) in [4.78, 5) is 25.9. The van der Waals surface area contributed by atoms with Gasteiger partial charge in [0, 0.05) is 12.3 Å². The van der Waals surface area contributed by atoms with Crippen molar-refractivity contribution in [3.63, 3.8) is 0 Å². The predicted octanol–water partition coefficient (Wildman–Crippen LogP) is 1.88. The van der Waals surface area contributed by atoms with Crippen molar-refractivity contribution in [1.82, 2.24) is 10.3 Å². The number of hydrogen-bond donors (Lipinski definition) is 3. The number of aromatic amines is 1. The first-order valence-electron chi connectivity index (χ1n) is 5.89. The van der Waals surface area contributed by atoms with Crippen molar-refractivity contribution in [3.05, 3.63) is 59.7 Å². The molecule has 20 heavy (non-hydrogen) atoms. The fourth-order valence-electron chi connectivity index (χ4n) is 1.81. The number of amides is 1. The smallest absolute Gasteiger partial charge is 0.333 e. The van der Waals surface area contributed by atoms with E-state index in [1.165, 1.54) is 6.92 Å². The topological polar surface area (TPSA) is 82.2 Å². The van der Waals surface area contributed by atoms with Crippen LogP contribution >= 0.6 is 0 Å². The molecule has 1 aromatic heterocycles. The van der Waals surface area contributed by atoms with Crippen LogP contribution in [0.1, 0.15) is 23.0 Å². The number of carbonyl (C=O) groups excluding carboxylic acids is 1.